The number of aliphatic hydroxyl groups is 2. The van der Waals surface area contributed by atoms with Crippen LogP contribution in [-0.2, 0) is 4.74 Å². The summed E-state index contributed by atoms with van der Waals surface area (Å²) in [5.74, 6) is 0. The number of aromatic nitrogens is 1. The van der Waals surface area contributed by atoms with E-state index in [1.54, 1.807) is 0 Å². The van der Waals surface area contributed by atoms with E-state index in [9.17, 15) is 14.3 Å². The van der Waals surface area contributed by atoms with Gasteiger partial charge in [0.1, 0.15) is 18.3 Å². The Hall–Kier alpha value is -1.24. The van der Waals surface area contributed by atoms with Gasteiger partial charge in [-0.25, -0.2) is 4.39 Å². The fourth-order valence-electron chi connectivity index (χ4n) is 1.74. The lowest BCUT2D eigenvalue weighted by molar-refractivity contribution is -0.0227. The van der Waals surface area contributed by atoms with Crippen LogP contribution in [-0.4, -0.2) is 40.2 Å². The van der Waals surface area contributed by atoms with E-state index in [1.165, 1.54) is 18.3 Å². The first kappa shape index (κ1) is 11.3. The van der Waals surface area contributed by atoms with Gasteiger partial charge in [-0.05, 0) is 6.07 Å². The molecule has 5 nitrogen and oxygen atoms in total. The second kappa shape index (κ2) is 4.32. The molecule has 0 bridgehead atoms. The highest BCUT2D eigenvalue weighted by molar-refractivity contribution is 5.16. The zero-order chi connectivity index (χ0) is 11.7. The Labute approximate surface area is 90.5 Å². The Balaban J connectivity index is 2.22. The summed E-state index contributed by atoms with van der Waals surface area (Å²) in [5, 5.41) is 18.3. The van der Waals surface area contributed by atoms with E-state index in [2.05, 4.69) is 4.98 Å². The third kappa shape index (κ3) is 1.87. The minimum atomic E-state index is -1.61. The molecule has 2 rings (SSSR count). The number of H-pyrrole nitrogens is 1. The van der Waals surface area contributed by atoms with Crippen LogP contribution >= 0.6 is 0 Å². The summed E-state index contributed by atoms with van der Waals surface area (Å²) in [6, 6.07) is 2.69. The summed E-state index contributed by atoms with van der Waals surface area (Å²) >= 11 is 0. The van der Waals surface area contributed by atoms with E-state index in [1.807, 2.05) is 0 Å². The lowest BCUT2D eigenvalue weighted by atomic mass is 10.0. The molecule has 0 aliphatic carbocycles. The van der Waals surface area contributed by atoms with Crippen molar-refractivity contribution >= 4 is 0 Å². The molecule has 6 heteroatoms. The summed E-state index contributed by atoms with van der Waals surface area (Å²) < 4.78 is 18.8. The molecule has 1 saturated heterocycles. The molecule has 2 heterocycles. The Morgan fingerprint density at radius 2 is 2.25 bits per heavy atom. The molecule has 1 aliphatic rings. The monoisotopic (exact) mass is 229 g/mol. The fourth-order valence-corrected chi connectivity index (χ4v) is 1.74. The molecule has 1 aromatic heterocycles. The summed E-state index contributed by atoms with van der Waals surface area (Å²) in [6.07, 6.45) is -3.49. The van der Waals surface area contributed by atoms with Crippen LogP contribution in [0.1, 0.15) is 11.7 Å². The van der Waals surface area contributed by atoms with Gasteiger partial charge in [-0.3, -0.25) is 4.79 Å². The predicted molar refractivity (Wildman–Crippen MR) is 52.7 cm³/mol. The molecular weight excluding hydrogens is 217 g/mol. The zero-order valence-corrected chi connectivity index (χ0v) is 8.34. The maximum atomic E-state index is 13.6. The van der Waals surface area contributed by atoms with Gasteiger partial charge in [-0.1, -0.05) is 0 Å². The van der Waals surface area contributed by atoms with Crippen LogP contribution < -0.4 is 5.56 Å². The summed E-state index contributed by atoms with van der Waals surface area (Å²) in [5.41, 5.74) is 0.138. The van der Waals surface area contributed by atoms with Crippen molar-refractivity contribution in [2.24, 2.45) is 0 Å². The number of hydrogen-bond donors (Lipinski definition) is 3. The molecular formula is C10H12FNO4. The maximum absolute atomic E-state index is 13.6. The van der Waals surface area contributed by atoms with Gasteiger partial charge in [0, 0.05) is 17.8 Å². The molecule has 4 atom stereocenters. The topological polar surface area (TPSA) is 82.6 Å². The van der Waals surface area contributed by atoms with Gasteiger partial charge in [-0.2, -0.15) is 0 Å². The standard InChI is InChI=1S/C10H12FNO4/c11-8-9(15)6(4-13)16-10(8)5-1-2-7(14)12-3-5/h1-3,6,8-10,13,15H,4H2,(H,12,14)/t6-,8?,9?,10+/m1/s1. The van der Waals surface area contributed by atoms with Crippen molar-refractivity contribution in [1.29, 1.82) is 0 Å². The van der Waals surface area contributed by atoms with E-state index in [0.717, 1.165) is 0 Å². The molecule has 0 aromatic carbocycles. The number of halogens is 1. The molecule has 0 radical (unpaired) electrons. The molecule has 1 aliphatic heterocycles. The quantitative estimate of drug-likeness (QED) is 0.639. The third-order valence-corrected chi connectivity index (χ3v) is 2.63. The number of nitrogens with one attached hydrogen (secondary N) is 1. The molecule has 0 spiro atoms. The Morgan fingerprint density at radius 1 is 1.50 bits per heavy atom. The molecule has 1 aromatic rings. The smallest absolute Gasteiger partial charge is 0.247 e. The molecule has 0 saturated carbocycles. The molecule has 16 heavy (non-hydrogen) atoms. The minimum absolute atomic E-state index is 0.295. The highest BCUT2D eigenvalue weighted by atomic mass is 19.1. The summed E-state index contributed by atoms with van der Waals surface area (Å²) in [6.45, 7) is -0.443. The van der Waals surface area contributed by atoms with Crippen LogP contribution in [0.2, 0.25) is 0 Å². The summed E-state index contributed by atoms with van der Waals surface area (Å²) in [4.78, 5) is 13.2. The van der Waals surface area contributed by atoms with Crippen molar-refractivity contribution in [1.82, 2.24) is 4.98 Å². The Kier molecular flexibility index (Phi) is 3.04. The van der Waals surface area contributed by atoms with E-state index >= 15 is 0 Å². The second-order valence-corrected chi connectivity index (χ2v) is 3.70. The van der Waals surface area contributed by atoms with Gasteiger partial charge in [-0.15, -0.1) is 0 Å². The molecule has 0 amide bonds. The van der Waals surface area contributed by atoms with E-state index in [-0.39, 0.29) is 5.56 Å². The Bertz CT molecular complexity index is 401. The number of alkyl halides is 1. The van der Waals surface area contributed by atoms with Crippen molar-refractivity contribution in [3.8, 4) is 0 Å². The first-order valence-corrected chi connectivity index (χ1v) is 4.90. The van der Waals surface area contributed by atoms with Crippen LogP contribution in [0, 0.1) is 0 Å². The van der Waals surface area contributed by atoms with Crippen LogP contribution in [0.4, 0.5) is 4.39 Å². The van der Waals surface area contributed by atoms with Gasteiger partial charge < -0.3 is 19.9 Å². The van der Waals surface area contributed by atoms with Gasteiger partial charge in [0.05, 0.1) is 6.61 Å². The SMILES string of the molecule is O=c1ccc([C@@H]2O[C@H](CO)C(O)C2F)c[nH]1. The minimum Gasteiger partial charge on any atom is -0.394 e. The van der Waals surface area contributed by atoms with Gasteiger partial charge >= 0.3 is 0 Å². The number of aliphatic hydroxyl groups excluding tert-OH is 2. The zero-order valence-electron chi connectivity index (χ0n) is 8.34. The van der Waals surface area contributed by atoms with E-state index < -0.39 is 31.1 Å². The van der Waals surface area contributed by atoms with Crippen LogP contribution in [0.5, 0.6) is 0 Å². The average Bonchev–Trinajstić information content (AvgIpc) is 2.57. The van der Waals surface area contributed by atoms with Crippen molar-refractivity contribution in [2.75, 3.05) is 6.61 Å². The fraction of sp³-hybridized carbons (Fsp3) is 0.500. The van der Waals surface area contributed by atoms with Crippen LogP contribution in [0.15, 0.2) is 23.1 Å². The van der Waals surface area contributed by atoms with E-state index in [4.69, 9.17) is 9.84 Å². The maximum Gasteiger partial charge on any atom is 0.247 e. The van der Waals surface area contributed by atoms with Gasteiger partial charge in [0.2, 0.25) is 5.56 Å². The Morgan fingerprint density at radius 3 is 2.75 bits per heavy atom. The van der Waals surface area contributed by atoms with Gasteiger partial charge in [0.25, 0.3) is 0 Å². The summed E-state index contributed by atoms with van der Waals surface area (Å²) in [7, 11) is 0. The number of pyridine rings is 1. The molecule has 2 unspecified atom stereocenters. The molecule has 3 N–H and O–H groups in total. The first-order valence-electron chi connectivity index (χ1n) is 4.90. The van der Waals surface area contributed by atoms with Crippen molar-refractivity contribution in [3.63, 3.8) is 0 Å². The van der Waals surface area contributed by atoms with Gasteiger partial charge in [0.15, 0.2) is 6.17 Å². The lowest BCUT2D eigenvalue weighted by Gasteiger charge is -2.12. The van der Waals surface area contributed by atoms with Crippen LogP contribution in [0.3, 0.4) is 0 Å². The van der Waals surface area contributed by atoms with Crippen molar-refractivity contribution in [2.45, 2.75) is 24.5 Å². The number of hydrogen-bond acceptors (Lipinski definition) is 4. The largest absolute Gasteiger partial charge is 0.394 e. The lowest BCUT2D eigenvalue weighted by Crippen LogP contribution is -2.30. The number of aromatic amines is 1. The predicted octanol–water partition coefficient (Wildman–Crippen LogP) is -0.494. The normalized spacial score (nSPS) is 34.2. The molecule has 1 fully saturated rings. The van der Waals surface area contributed by atoms with Crippen LogP contribution in [0.25, 0.3) is 0 Å². The number of ether oxygens (including phenoxy) is 1. The average molecular weight is 229 g/mol. The number of rotatable bonds is 2. The first-order chi connectivity index (χ1) is 7.63. The van der Waals surface area contributed by atoms with Crippen molar-refractivity contribution < 1.29 is 19.3 Å². The highest BCUT2D eigenvalue weighted by Gasteiger charge is 2.44. The highest BCUT2D eigenvalue weighted by Crippen LogP contribution is 2.34. The second-order valence-electron chi connectivity index (χ2n) is 3.70. The molecule has 88 valence electrons. The van der Waals surface area contributed by atoms with Crippen molar-refractivity contribution in [3.05, 3.63) is 34.2 Å². The third-order valence-electron chi connectivity index (χ3n) is 2.63. The van der Waals surface area contributed by atoms with E-state index in [0.29, 0.717) is 5.56 Å².